The Kier molecular flexibility index (Phi) is 3.87. The van der Waals surface area contributed by atoms with E-state index in [-0.39, 0.29) is 11.9 Å². The Morgan fingerprint density at radius 1 is 1.45 bits per heavy atom. The Labute approximate surface area is 119 Å². The van der Waals surface area contributed by atoms with Gasteiger partial charge in [-0.3, -0.25) is 9.69 Å². The van der Waals surface area contributed by atoms with Crippen molar-refractivity contribution in [2.75, 3.05) is 25.0 Å². The maximum Gasteiger partial charge on any atom is 0.255 e. The standard InChI is InChI=1S/C15H22N4O/c1-2-16-14-13(4-3-8-17-14)15(20)18-11-7-9-19(10-11)12-5-6-12/h3-4,8,11-12H,2,5-7,9-10H2,1H3,(H,16,17)(H,18,20). The van der Waals surface area contributed by atoms with Gasteiger partial charge in [0.25, 0.3) is 5.91 Å². The second-order valence-corrected chi connectivity index (χ2v) is 5.62. The quantitative estimate of drug-likeness (QED) is 0.854. The molecule has 2 N–H and O–H groups in total. The molecule has 1 aromatic rings. The van der Waals surface area contributed by atoms with Crippen molar-refractivity contribution in [1.29, 1.82) is 0 Å². The number of hydrogen-bond acceptors (Lipinski definition) is 4. The molecule has 3 rings (SSSR count). The monoisotopic (exact) mass is 274 g/mol. The van der Waals surface area contributed by atoms with Gasteiger partial charge in [0.2, 0.25) is 0 Å². The van der Waals surface area contributed by atoms with Crippen LogP contribution in [0.25, 0.3) is 0 Å². The Balaban J connectivity index is 1.61. The number of carbonyl (C=O) groups is 1. The fourth-order valence-electron chi connectivity index (χ4n) is 2.84. The number of aromatic nitrogens is 1. The molecule has 5 heteroatoms. The number of likely N-dealkylation sites (tertiary alicyclic amines) is 1. The van der Waals surface area contributed by atoms with Crippen LogP contribution in [-0.2, 0) is 0 Å². The summed E-state index contributed by atoms with van der Waals surface area (Å²) < 4.78 is 0. The van der Waals surface area contributed by atoms with E-state index in [0.29, 0.717) is 11.4 Å². The summed E-state index contributed by atoms with van der Waals surface area (Å²) >= 11 is 0. The second-order valence-electron chi connectivity index (χ2n) is 5.62. The number of carbonyl (C=O) groups excluding carboxylic acids is 1. The molecule has 0 bridgehead atoms. The summed E-state index contributed by atoms with van der Waals surface area (Å²) in [6.07, 6.45) is 5.42. The number of nitrogens with one attached hydrogen (secondary N) is 2. The lowest BCUT2D eigenvalue weighted by molar-refractivity contribution is 0.0938. The van der Waals surface area contributed by atoms with Gasteiger partial charge in [-0.25, -0.2) is 4.98 Å². The SMILES string of the molecule is CCNc1ncccc1C(=O)NC1CCN(C2CC2)C1. The van der Waals surface area contributed by atoms with Crippen molar-refractivity contribution in [3.63, 3.8) is 0 Å². The van der Waals surface area contributed by atoms with Crippen LogP contribution in [0.5, 0.6) is 0 Å². The highest BCUT2D eigenvalue weighted by atomic mass is 16.1. The molecule has 1 amide bonds. The molecule has 2 fully saturated rings. The van der Waals surface area contributed by atoms with Crippen molar-refractivity contribution in [3.8, 4) is 0 Å². The highest BCUT2D eigenvalue weighted by Crippen LogP contribution is 2.29. The maximum absolute atomic E-state index is 12.4. The van der Waals surface area contributed by atoms with Crippen molar-refractivity contribution in [3.05, 3.63) is 23.9 Å². The summed E-state index contributed by atoms with van der Waals surface area (Å²) in [5.74, 6) is 0.654. The first-order valence-corrected chi connectivity index (χ1v) is 7.51. The lowest BCUT2D eigenvalue weighted by Crippen LogP contribution is -2.37. The second kappa shape index (κ2) is 5.79. The van der Waals surface area contributed by atoms with E-state index < -0.39 is 0 Å². The third kappa shape index (κ3) is 2.93. The Hall–Kier alpha value is -1.62. The molecule has 2 heterocycles. The molecule has 1 atom stereocenters. The highest BCUT2D eigenvalue weighted by Gasteiger charge is 2.34. The lowest BCUT2D eigenvalue weighted by Gasteiger charge is -2.16. The number of hydrogen-bond donors (Lipinski definition) is 2. The number of amides is 1. The average Bonchev–Trinajstić information content (AvgIpc) is 3.20. The Morgan fingerprint density at radius 3 is 3.05 bits per heavy atom. The molecule has 1 saturated heterocycles. The molecule has 0 radical (unpaired) electrons. The van der Waals surface area contributed by atoms with Gasteiger partial charge in [-0.2, -0.15) is 0 Å². The first kappa shape index (κ1) is 13.4. The zero-order valence-corrected chi connectivity index (χ0v) is 11.9. The van der Waals surface area contributed by atoms with E-state index in [4.69, 9.17) is 0 Å². The minimum Gasteiger partial charge on any atom is -0.370 e. The minimum atomic E-state index is -0.0169. The third-order valence-corrected chi connectivity index (χ3v) is 4.01. The number of rotatable bonds is 5. The largest absolute Gasteiger partial charge is 0.370 e. The average molecular weight is 274 g/mol. The lowest BCUT2D eigenvalue weighted by atomic mass is 10.2. The van der Waals surface area contributed by atoms with E-state index in [2.05, 4.69) is 20.5 Å². The number of anilines is 1. The van der Waals surface area contributed by atoms with E-state index in [1.165, 1.54) is 12.8 Å². The molecule has 5 nitrogen and oxygen atoms in total. The topological polar surface area (TPSA) is 57.3 Å². The summed E-state index contributed by atoms with van der Waals surface area (Å²) in [6, 6.07) is 4.69. The third-order valence-electron chi connectivity index (χ3n) is 4.01. The predicted molar refractivity (Wildman–Crippen MR) is 78.9 cm³/mol. The van der Waals surface area contributed by atoms with E-state index in [1.807, 2.05) is 13.0 Å². The van der Waals surface area contributed by atoms with Crippen molar-refractivity contribution < 1.29 is 4.79 Å². The molecular formula is C15H22N4O. The van der Waals surface area contributed by atoms with Gasteiger partial charge < -0.3 is 10.6 Å². The molecule has 108 valence electrons. The molecule has 1 unspecified atom stereocenters. The predicted octanol–water partition coefficient (Wildman–Crippen LogP) is 1.48. The molecule has 1 saturated carbocycles. The maximum atomic E-state index is 12.4. The van der Waals surface area contributed by atoms with Crippen LogP contribution in [0, 0.1) is 0 Å². The van der Waals surface area contributed by atoms with E-state index in [9.17, 15) is 4.79 Å². The normalized spacial score (nSPS) is 22.8. The molecular weight excluding hydrogens is 252 g/mol. The van der Waals surface area contributed by atoms with Crippen LogP contribution in [0.3, 0.4) is 0 Å². The first-order valence-electron chi connectivity index (χ1n) is 7.51. The molecule has 1 aliphatic heterocycles. The summed E-state index contributed by atoms with van der Waals surface area (Å²) in [6.45, 7) is 4.87. The zero-order valence-electron chi connectivity index (χ0n) is 11.9. The van der Waals surface area contributed by atoms with Crippen LogP contribution >= 0.6 is 0 Å². The van der Waals surface area contributed by atoms with Gasteiger partial charge in [0.15, 0.2) is 0 Å². The molecule has 2 aliphatic rings. The first-order chi connectivity index (χ1) is 9.78. The zero-order chi connectivity index (χ0) is 13.9. The van der Waals surface area contributed by atoms with Crippen molar-refractivity contribution in [1.82, 2.24) is 15.2 Å². The molecule has 1 aliphatic carbocycles. The fraction of sp³-hybridized carbons (Fsp3) is 0.600. The number of nitrogens with zero attached hydrogens (tertiary/aromatic N) is 2. The van der Waals surface area contributed by atoms with Gasteiger partial charge in [0, 0.05) is 37.9 Å². The summed E-state index contributed by atoms with van der Waals surface area (Å²) in [5.41, 5.74) is 0.638. The van der Waals surface area contributed by atoms with Crippen LogP contribution in [-0.4, -0.2) is 47.5 Å². The van der Waals surface area contributed by atoms with Crippen molar-refractivity contribution in [2.24, 2.45) is 0 Å². The van der Waals surface area contributed by atoms with Crippen LogP contribution in [0.2, 0.25) is 0 Å². The van der Waals surface area contributed by atoms with Gasteiger partial charge in [0.05, 0.1) is 5.56 Å². The van der Waals surface area contributed by atoms with Crippen LogP contribution in [0.4, 0.5) is 5.82 Å². The van der Waals surface area contributed by atoms with Gasteiger partial charge in [-0.1, -0.05) is 0 Å². The van der Waals surface area contributed by atoms with Crippen LogP contribution < -0.4 is 10.6 Å². The number of pyridine rings is 1. The van der Waals surface area contributed by atoms with Crippen molar-refractivity contribution >= 4 is 11.7 Å². The van der Waals surface area contributed by atoms with Gasteiger partial charge in [-0.15, -0.1) is 0 Å². The molecule has 1 aromatic heterocycles. The van der Waals surface area contributed by atoms with Crippen LogP contribution in [0.15, 0.2) is 18.3 Å². The highest BCUT2D eigenvalue weighted by molar-refractivity contribution is 5.98. The smallest absolute Gasteiger partial charge is 0.255 e. The minimum absolute atomic E-state index is 0.0169. The van der Waals surface area contributed by atoms with Gasteiger partial charge >= 0.3 is 0 Å². The van der Waals surface area contributed by atoms with E-state index in [0.717, 1.165) is 32.1 Å². The fourth-order valence-corrected chi connectivity index (χ4v) is 2.84. The Bertz CT molecular complexity index is 487. The van der Waals surface area contributed by atoms with Crippen LogP contribution in [0.1, 0.15) is 36.5 Å². The molecule has 20 heavy (non-hydrogen) atoms. The van der Waals surface area contributed by atoms with Gasteiger partial charge in [0.1, 0.15) is 5.82 Å². The summed E-state index contributed by atoms with van der Waals surface area (Å²) in [5, 5.41) is 6.28. The van der Waals surface area contributed by atoms with Gasteiger partial charge in [-0.05, 0) is 38.3 Å². The van der Waals surface area contributed by atoms with E-state index >= 15 is 0 Å². The van der Waals surface area contributed by atoms with Crippen molar-refractivity contribution in [2.45, 2.75) is 38.3 Å². The summed E-state index contributed by atoms with van der Waals surface area (Å²) in [7, 11) is 0. The molecule has 0 spiro atoms. The summed E-state index contributed by atoms with van der Waals surface area (Å²) in [4.78, 5) is 19.1. The Morgan fingerprint density at radius 2 is 2.30 bits per heavy atom. The van der Waals surface area contributed by atoms with E-state index in [1.54, 1.807) is 12.3 Å². The molecule has 0 aromatic carbocycles.